The van der Waals surface area contributed by atoms with Gasteiger partial charge in [0.25, 0.3) is 0 Å². The van der Waals surface area contributed by atoms with Crippen molar-refractivity contribution in [1.82, 2.24) is 14.9 Å². The van der Waals surface area contributed by atoms with Gasteiger partial charge in [-0.15, -0.1) is 11.3 Å². The van der Waals surface area contributed by atoms with Crippen LogP contribution in [-0.2, 0) is 4.79 Å². The molecule has 0 aliphatic carbocycles. The number of amides is 1. The Bertz CT molecular complexity index is 952. The number of carbonyl (C=O) groups excluding carboxylic acids is 1. The van der Waals surface area contributed by atoms with Gasteiger partial charge in [-0.3, -0.25) is 4.79 Å². The average molecular weight is 414 g/mol. The van der Waals surface area contributed by atoms with Crippen LogP contribution in [0.3, 0.4) is 0 Å². The average Bonchev–Trinajstić information content (AvgIpc) is 3.28. The second-order valence-electron chi connectivity index (χ2n) is 7.04. The van der Waals surface area contributed by atoms with Crippen LogP contribution >= 0.6 is 23.1 Å². The molecule has 0 radical (unpaired) electrons. The number of thioether (sulfide) groups is 1. The Labute approximate surface area is 173 Å². The lowest BCUT2D eigenvalue weighted by Gasteiger charge is -2.33. The fourth-order valence-corrected chi connectivity index (χ4v) is 5.21. The highest BCUT2D eigenvalue weighted by Gasteiger charge is 2.27. The number of quaternary nitrogens is 1. The highest BCUT2D eigenvalue weighted by molar-refractivity contribution is 8.00. The van der Waals surface area contributed by atoms with Crippen LogP contribution in [0.4, 0.5) is 0 Å². The third-order valence-corrected chi connectivity index (χ3v) is 7.18. The third-order valence-electron chi connectivity index (χ3n) is 5.23. The van der Waals surface area contributed by atoms with Crippen molar-refractivity contribution in [1.29, 1.82) is 0 Å². The summed E-state index contributed by atoms with van der Waals surface area (Å²) in [5, 5.41) is 3.75. The van der Waals surface area contributed by atoms with E-state index in [0.29, 0.717) is 0 Å². The van der Waals surface area contributed by atoms with Crippen molar-refractivity contribution in [3.63, 3.8) is 0 Å². The highest BCUT2D eigenvalue weighted by Crippen LogP contribution is 2.32. The molecule has 0 bridgehead atoms. The molecule has 5 nitrogen and oxygen atoms in total. The number of piperazine rings is 1. The van der Waals surface area contributed by atoms with Crippen molar-refractivity contribution >= 4 is 39.9 Å². The van der Waals surface area contributed by atoms with Crippen molar-refractivity contribution in [2.24, 2.45) is 0 Å². The van der Waals surface area contributed by atoms with Crippen LogP contribution in [0.15, 0.2) is 46.8 Å². The maximum Gasteiger partial charge on any atom is 0.236 e. The summed E-state index contributed by atoms with van der Waals surface area (Å²) in [4.78, 5) is 27.2. The summed E-state index contributed by atoms with van der Waals surface area (Å²) < 4.78 is 0. The van der Waals surface area contributed by atoms with E-state index in [1.807, 2.05) is 53.6 Å². The summed E-state index contributed by atoms with van der Waals surface area (Å²) in [6, 6.07) is 12.1. The molecular weight excluding hydrogens is 388 g/mol. The van der Waals surface area contributed by atoms with Crippen LogP contribution in [-0.4, -0.2) is 58.7 Å². The van der Waals surface area contributed by atoms with Crippen LogP contribution in [0.25, 0.3) is 21.6 Å². The van der Waals surface area contributed by atoms with Crippen molar-refractivity contribution in [3.8, 4) is 10.7 Å². The first kappa shape index (κ1) is 19.4. The maximum absolute atomic E-state index is 13.0. The minimum atomic E-state index is -0.169. The van der Waals surface area contributed by atoms with E-state index >= 15 is 0 Å². The second-order valence-corrected chi connectivity index (χ2v) is 9.31. The van der Waals surface area contributed by atoms with Crippen molar-refractivity contribution in [2.45, 2.75) is 24.1 Å². The van der Waals surface area contributed by atoms with Gasteiger partial charge in [-0.25, -0.2) is 9.97 Å². The molecule has 0 saturated carbocycles. The molecule has 1 aliphatic rings. The molecule has 1 fully saturated rings. The van der Waals surface area contributed by atoms with Gasteiger partial charge in [0, 0.05) is 5.39 Å². The van der Waals surface area contributed by atoms with E-state index in [4.69, 9.17) is 9.97 Å². The minimum Gasteiger partial charge on any atom is -0.332 e. The number of aromatic nitrogens is 2. The normalized spacial score (nSPS) is 16.4. The molecule has 4 rings (SSSR count). The lowest BCUT2D eigenvalue weighted by atomic mass is 10.2. The standard InChI is InChI=1S/C21H24N4OS2/c1-3-24-10-12-25(13-11-24)21(26)15(2)28-20-16-7-4-5-8-17(16)22-19(23-20)18-9-6-14-27-18/h4-9,14-15H,3,10-13H2,1-2H3/p+1/t15-/m1/s1. The molecule has 1 saturated heterocycles. The SMILES string of the molecule is CC[NH+]1CCN(C(=O)[C@@H](C)Sc2nc(-c3cccs3)nc3ccccc23)CC1. The molecule has 1 N–H and O–H groups in total. The maximum atomic E-state index is 13.0. The molecule has 3 heterocycles. The summed E-state index contributed by atoms with van der Waals surface area (Å²) in [7, 11) is 0. The molecule has 1 amide bonds. The number of fused-ring (bicyclic) bond motifs is 1. The number of carbonyl (C=O) groups is 1. The molecule has 146 valence electrons. The molecule has 1 aliphatic heterocycles. The van der Waals surface area contributed by atoms with E-state index in [1.54, 1.807) is 28.0 Å². The summed E-state index contributed by atoms with van der Waals surface area (Å²) in [6.45, 7) is 9.10. The first-order valence-electron chi connectivity index (χ1n) is 9.75. The number of para-hydroxylation sites is 1. The summed E-state index contributed by atoms with van der Waals surface area (Å²) in [5.74, 6) is 0.941. The number of hydrogen-bond acceptors (Lipinski definition) is 5. The van der Waals surface area contributed by atoms with Gasteiger partial charge in [0.1, 0.15) is 5.03 Å². The van der Waals surface area contributed by atoms with E-state index < -0.39 is 0 Å². The largest absolute Gasteiger partial charge is 0.332 e. The van der Waals surface area contributed by atoms with Crippen LogP contribution in [0.2, 0.25) is 0 Å². The van der Waals surface area contributed by atoms with Crippen molar-refractivity contribution < 1.29 is 9.69 Å². The molecular formula is C21H25N4OS2+. The van der Waals surface area contributed by atoms with Gasteiger partial charge in [-0.1, -0.05) is 36.0 Å². The Kier molecular flexibility index (Phi) is 5.94. The van der Waals surface area contributed by atoms with Gasteiger partial charge >= 0.3 is 0 Å². The molecule has 1 atom stereocenters. The van der Waals surface area contributed by atoms with Crippen molar-refractivity contribution in [2.75, 3.05) is 32.7 Å². The van der Waals surface area contributed by atoms with Gasteiger partial charge in [0.2, 0.25) is 5.91 Å². The van der Waals surface area contributed by atoms with Crippen LogP contribution < -0.4 is 4.90 Å². The Hall–Kier alpha value is -1.96. The first-order chi connectivity index (χ1) is 13.7. The monoisotopic (exact) mass is 413 g/mol. The summed E-state index contributed by atoms with van der Waals surface area (Å²) in [5.41, 5.74) is 0.920. The third kappa shape index (κ3) is 4.06. The fourth-order valence-electron chi connectivity index (χ4n) is 3.53. The van der Waals surface area contributed by atoms with E-state index in [0.717, 1.165) is 59.4 Å². The lowest BCUT2D eigenvalue weighted by molar-refractivity contribution is -0.902. The highest BCUT2D eigenvalue weighted by atomic mass is 32.2. The molecule has 1 aromatic carbocycles. The number of likely N-dealkylation sites (N-methyl/N-ethyl adjacent to an activating group) is 1. The smallest absolute Gasteiger partial charge is 0.236 e. The van der Waals surface area contributed by atoms with Crippen LogP contribution in [0.1, 0.15) is 13.8 Å². The zero-order valence-corrected chi connectivity index (χ0v) is 17.9. The predicted octanol–water partition coefficient (Wildman–Crippen LogP) is 2.59. The molecule has 0 spiro atoms. The number of benzene rings is 1. The fraction of sp³-hybridized carbons (Fsp3) is 0.381. The van der Waals surface area contributed by atoms with E-state index in [-0.39, 0.29) is 11.2 Å². The minimum absolute atomic E-state index is 0.169. The van der Waals surface area contributed by atoms with E-state index in [1.165, 1.54) is 0 Å². The second kappa shape index (κ2) is 8.59. The zero-order valence-electron chi connectivity index (χ0n) is 16.2. The summed E-state index contributed by atoms with van der Waals surface area (Å²) >= 11 is 3.18. The predicted molar refractivity (Wildman–Crippen MR) is 116 cm³/mol. The van der Waals surface area contributed by atoms with Gasteiger partial charge in [-0.05, 0) is 31.4 Å². The number of nitrogens with zero attached hydrogens (tertiary/aromatic N) is 3. The summed E-state index contributed by atoms with van der Waals surface area (Å²) in [6.07, 6.45) is 0. The van der Waals surface area contributed by atoms with Crippen LogP contribution in [0.5, 0.6) is 0 Å². The van der Waals surface area contributed by atoms with Gasteiger partial charge in [-0.2, -0.15) is 0 Å². The number of hydrogen-bond donors (Lipinski definition) is 1. The first-order valence-corrected chi connectivity index (χ1v) is 11.5. The molecule has 7 heteroatoms. The van der Waals surface area contributed by atoms with Crippen molar-refractivity contribution in [3.05, 3.63) is 41.8 Å². The zero-order chi connectivity index (χ0) is 19.5. The van der Waals surface area contributed by atoms with E-state index in [2.05, 4.69) is 6.92 Å². The van der Waals surface area contributed by atoms with Gasteiger partial charge < -0.3 is 9.80 Å². The topological polar surface area (TPSA) is 50.5 Å². The molecule has 3 aromatic rings. The number of rotatable bonds is 5. The molecule has 28 heavy (non-hydrogen) atoms. The van der Waals surface area contributed by atoms with Crippen LogP contribution in [0, 0.1) is 0 Å². The Morgan fingerprint density at radius 2 is 2.00 bits per heavy atom. The molecule has 0 unspecified atom stereocenters. The number of thiophene rings is 1. The molecule has 2 aromatic heterocycles. The number of nitrogens with one attached hydrogen (secondary N) is 1. The van der Waals surface area contributed by atoms with Gasteiger partial charge in [0.15, 0.2) is 5.82 Å². The lowest BCUT2D eigenvalue weighted by Crippen LogP contribution is -3.14. The van der Waals surface area contributed by atoms with Gasteiger partial charge in [0.05, 0.1) is 48.4 Å². The van der Waals surface area contributed by atoms with E-state index in [9.17, 15) is 4.79 Å². The Morgan fingerprint density at radius 3 is 2.71 bits per heavy atom. The Balaban J connectivity index is 1.57. The Morgan fingerprint density at radius 1 is 1.21 bits per heavy atom. The quantitative estimate of drug-likeness (QED) is 0.516.